The maximum atomic E-state index is 11.6. The molecule has 0 aliphatic heterocycles. The van der Waals surface area contributed by atoms with Crippen LogP contribution in [0.5, 0.6) is 0 Å². The average molecular weight is 218 g/mol. The van der Waals surface area contributed by atoms with Crippen molar-refractivity contribution in [2.75, 3.05) is 12.8 Å². The van der Waals surface area contributed by atoms with Crippen molar-refractivity contribution in [1.29, 1.82) is 0 Å². The summed E-state index contributed by atoms with van der Waals surface area (Å²) in [5.41, 5.74) is 7.46. The third-order valence-corrected chi connectivity index (χ3v) is 2.62. The Hall–Kier alpha value is -1.81. The first-order valence-electron chi connectivity index (χ1n) is 5.03. The highest BCUT2D eigenvalue weighted by Crippen LogP contribution is 2.28. The topological polar surface area (TPSA) is 57.2 Å². The number of carbonyl (C=O) groups excluding carboxylic acids is 1. The number of hydrogen-bond donors (Lipinski definition) is 1. The molecule has 1 aromatic carbocycles. The van der Waals surface area contributed by atoms with E-state index >= 15 is 0 Å². The summed E-state index contributed by atoms with van der Waals surface area (Å²) in [5.74, 6) is 0.444. The lowest BCUT2D eigenvalue weighted by atomic mass is 10.1. The Morgan fingerprint density at radius 1 is 1.44 bits per heavy atom. The van der Waals surface area contributed by atoms with E-state index in [9.17, 15) is 4.79 Å². The van der Waals surface area contributed by atoms with Crippen molar-refractivity contribution in [1.82, 2.24) is 4.57 Å². The summed E-state index contributed by atoms with van der Waals surface area (Å²) < 4.78 is 6.88. The number of para-hydroxylation sites is 1. The van der Waals surface area contributed by atoms with Gasteiger partial charge >= 0.3 is 0 Å². The number of methoxy groups -OCH3 is 1. The number of ether oxygens (including phenoxy) is 1. The standard InChI is InChI=1S/C12H14N2O2/c1-8(15)11-9-5-3-4-6-10(9)14(7-16-2)12(11)13/h3-6H,7,13H2,1-2H3. The smallest absolute Gasteiger partial charge is 0.164 e. The van der Waals surface area contributed by atoms with Gasteiger partial charge in [-0.15, -0.1) is 0 Å². The summed E-state index contributed by atoms with van der Waals surface area (Å²) in [6.07, 6.45) is 0. The fourth-order valence-corrected chi connectivity index (χ4v) is 1.96. The van der Waals surface area contributed by atoms with Gasteiger partial charge in [-0.05, 0) is 13.0 Å². The number of ketones is 1. The minimum absolute atomic E-state index is 0.0245. The zero-order chi connectivity index (χ0) is 11.7. The van der Waals surface area contributed by atoms with E-state index in [2.05, 4.69) is 0 Å². The fraction of sp³-hybridized carbons (Fsp3) is 0.250. The van der Waals surface area contributed by atoms with E-state index in [4.69, 9.17) is 10.5 Å². The van der Waals surface area contributed by atoms with Gasteiger partial charge in [0.2, 0.25) is 0 Å². The van der Waals surface area contributed by atoms with Gasteiger partial charge in [0.25, 0.3) is 0 Å². The maximum Gasteiger partial charge on any atom is 0.164 e. The number of Topliss-reactive ketones (excluding diaryl/α,β-unsaturated/α-hetero) is 1. The second-order valence-electron chi connectivity index (χ2n) is 3.68. The van der Waals surface area contributed by atoms with Crippen molar-refractivity contribution in [2.45, 2.75) is 13.7 Å². The molecule has 0 radical (unpaired) electrons. The predicted octanol–water partition coefficient (Wildman–Crippen LogP) is 2.03. The van der Waals surface area contributed by atoms with Gasteiger partial charge in [-0.3, -0.25) is 4.79 Å². The van der Waals surface area contributed by atoms with Crippen LogP contribution in [0.3, 0.4) is 0 Å². The Kier molecular flexibility index (Phi) is 2.66. The molecule has 0 bridgehead atoms. The molecule has 84 valence electrons. The molecule has 2 aromatic rings. The molecule has 0 saturated carbocycles. The van der Waals surface area contributed by atoms with E-state index in [1.165, 1.54) is 6.92 Å². The number of nitrogens with two attached hydrogens (primary N) is 1. The monoisotopic (exact) mass is 218 g/mol. The summed E-state index contributed by atoms with van der Waals surface area (Å²) in [5, 5.41) is 0.879. The lowest BCUT2D eigenvalue weighted by molar-refractivity contribution is 0.101. The molecule has 0 amide bonds. The van der Waals surface area contributed by atoms with Crippen molar-refractivity contribution in [3.63, 3.8) is 0 Å². The molecule has 2 N–H and O–H groups in total. The number of aromatic nitrogens is 1. The Morgan fingerprint density at radius 3 is 2.75 bits per heavy atom. The number of carbonyl (C=O) groups is 1. The van der Waals surface area contributed by atoms with E-state index in [1.54, 1.807) is 11.7 Å². The van der Waals surface area contributed by atoms with Crippen LogP contribution in [-0.2, 0) is 11.5 Å². The van der Waals surface area contributed by atoms with Crippen LogP contribution in [0.15, 0.2) is 24.3 Å². The summed E-state index contributed by atoms with van der Waals surface area (Å²) in [6.45, 7) is 1.87. The van der Waals surface area contributed by atoms with Crippen LogP contribution in [0.4, 0.5) is 5.82 Å². The minimum atomic E-state index is -0.0245. The lowest BCUT2D eigenvalue weighted by Gasteiger charge is -2.05. The first-order valence-corrected chi connectivity index (χ1v) is 5.03. The summed E-state index contributed by atoms with van der Waals surface area (Å²) in [4.78, 5) is 11.6. The van der Waals surface area contributed by atoms with Gasteiger partial charge in [-0.1, -0.05) is 18.2 Å². The second-order valence-corrected chi connectivity index (χ2v) is 3.68. The normalized spacial score (nSPS) is 10.9. The molecule has 1 aromatic heterocycles. The van der Waals surface area contributed by atoms with Gasteiger partial charge in [-0.2, -0.15) is 0 Å². The van der Waals surface area contributed by atoms with Crippen LogP contribution in [0.2, 0.25) is 0 Å². The molecule has 0 atom stereocenters. The van der Waals surface area contributed by atoms with Crippen LogP contribution in [0.1, 0.15) is 17.3 Å². The molecule has 2 rings (SSSR count). The number of nitrogens with zero attached hydrogens (tertiary/aromatic N) is 1. The van der Waals surface area contributed by atoms with Crippen molar-refractivity contribution in [3.8, 4) is 0 Å². The quantitative estimate of drug-likeness (QED) is 0.802. The first kappa shape index (κ1) is 10.7. The van der Waals surface area contributed by atoms with Crippen molar-refractivity contribution < 1.29 is 9.53 Å². The zero-order valence-electron chi connectivity index (χ0n) is 9.36. The molecule has 4 heteroatoms. The summed E-state index contributed by atoms with van der Waals surface area (Å²) in [7, 11) is 1.60. The maximum absolute atomic E-state index is 11.6. The van der Waals surface area contributed by atoms with Crippen molar-refractivity contribution in [3.05, 3.63) is 29.8 Å². The third-order valence-electron chi connectivity index (χ3n) is 2.62. The van der Waals surface area contributed by atoms with Gasteiger partial charge in [-0.25, -0.2) is 0 Å². The summed E-state index contributed by atoms with van der Waals surface area (Å²) >= 11 is 0. The van der Waals surface area contributed by atoms with Gasteiger partial charge in [0.05, 0.1) is 11.1 Å². The Bertz CT molecular complexity index is 543. The van der Waals surface area contributed by atoms with E-state index in [1.807, 2.05) is 24.3 Å². The molecule has 0 spiro atoms. The lowest BCUT2D eigenvalue weighted by Crippen LogP contribution is -2.06. The van der Waals surface area contributed by atoms with Crippen LogP contribution < -0.4 is 5.73 Å². The Morgan fingerprint density at radius 2 is 2.12 bits per heavy atom. The average Bonchev–Trinajstić information content (AvgIpc) is 2.53. The van der Waals surface area contributed by atoms with E-state index in [0.29, 0.717) is 18.1 Å². The molecule has 0 saturated heterocycles. The number of rotatable bonds is 3. The second kappa shape index (κ2) is 3.98. The van der Waals surface area contributed by atoms with Crippen LogP contribution in [0.25, 0.3) is 10.9 Å². The van der Waals surface area contributed by atoms with Gasteiger partial charge in [0.15, 0.2) is 5.78 Å². The number of fused-ring (bicyclic) bond motifs is 1. The predicted molar refractivity (Wildman–Crippen MR) is 63.4 cm³/mol. The number of nitrogen functional groups attached to an aromatic ring is 1. The molecule has 0 aliphatic rings. The Labute approximate surface area is 93.6 Å². The highest BCUT2D eigenvalue weighted by atomic mass is 16.5. The molecule has 1 heterocycles. The van der Waals surface area contributed by atoms with E-state index < -0.39 is 0 Å². The van der Waals surface area contributed by atoms with Crippen LogP contribution in [0, 0.1) is 0 Å². The molecule has 0 aliphatic carbocycles. The molecule has 16 heavy (non-hydrogen) atoms. The van der Waals surface area contributed by atoms with Gasteiger partial charge in [0, 0.05) is 12.5 Å². The van der Waals surface area contributed by atoms with E-state index in [-0.39, 0.29) is 5.78 Å². The number of benzene rings is 1. The molecule has 0 fully saturated rings. The third kappa shape index (κ3) is 1.47. The Balaban J connectivity index is 2.80. The molecule has 0 unspecified atom stereocenters. The summed E-state index contributed by atoms with van der Waals surface area (Å²) in [6, 6.07) is 7.63. The molecular weight excluding hydrogens is 204 g/mol. The van der Waals surface area contributed by atoms with Crippen molar-refractivity contribution in [2.24, 2.45) is 0 Å². The molecule has 4 nitrogen and oxygen atoms in total. The number of anilines is 1. The zero-order valence-corrected chi connectivity index (χ0v) is 9.36. The SMILES string of the molecule is COCn1c(N)c(C(C)=O)c2ccccc21. The molecular formula is C12H14N2O2. The van der Waals surface area contributed by atoms with Crippen LogP contribution in [-0.4, -0.2) is 17.5 Å². The highest BCUT2D eigenvalue weighted by Gasteiger charge is 2.17. The largest absolute Gasteiger partial charge is 0.384 e. The van der Waals surface area contributed by atoms with E-state index in [0.717, 1.165) is 10.9 Å². The van der Waals surface area contributed by atoms with Gasteiger partial charge in [0.1, 0.15) is 12.5 Å². The van der Waals surface area contributed by atoms with Crippen molar-refractivity contribution >= 4 is 22.5 Å². The van der Waals surface area contributed by atoms with Crippen LogP contribution >= 0.6 is 0 Å². The fourth-order valence-electron chi connectivity index (χ4n) is 1.96. The number of hydrogen-bond acceptors (Lipinski definition) is 3. The van der Waals surface area contributed by atoms with Gasteiger partial charge < -0.3 is 15.0 Å². The first-order chi connectivity index (χ1) is 7.66. The minimum Gasteiger partial charge on any atom is -0.384 e. The highest BCUT2D eigenvalue weighted by molar-refractivity contribution is 6.11.